The molecule has 0 heterocycles. The highest BCUT2D eigenvalue weighted by Gasteiger charge is 2.29. The van der Waals surface area contributed by atoms with Gasteiger partial charge in [-0.05, 0) is 51.9 Å². The molecule has 1 rings (SSSR count). The summed E-state index contributed by atoms with van der Waals surface area (Å²) in [5.41, 5.74) is 9.65. The molecule has 0 bridgehead atoms. The van der Waals surface area contributed by atoms with Crippen LogP contribution in [-0.2, 0) is 0 Å². The van der Waals surface area contributed by atoms with E-state index in [1.807, 2.05) is 13.1 Å². The van der Waals surface area contributed by atoms with Gasteiger partial charge in [0, 0.05) is 11.1 Å². The van der Waals surface area contributed by atoms with Crippen molar-refractivity contribution in [2.45, 2.75) is 39.3 Å². The molecule has 0 spiro atoms. The Morgan fingerprint density at radius 1 is 1.29 bits per heavy atom. The number of nitrogens with one attached hydrogen (secondary N) is 1. The second kappa shape index (κ2) is 5.07. The van der Waals surface area contributed by atoms with E-state index < -0.39 is 0 Å². The van der Waals surface area contributed by atoms with Gasteiger partial charge in [0.15, 0.2) is 0 Å². The number of rotatable bonds is 4. The summed E-state index contributed by atoms with van der Waals surface area (Å²) in [5.74, 6) is 0.873. The molecule has 0 amide bonds. The average molecular weight is 236 g/mol. The van der Waals surface area contributed by atoms with Crippen molar-refractivity contribution in [3.8, 4) is 5.75 Å². The zero-order chi connectivity index (χ0) is 13.2. The van der Waals surface area contributed by atoms with Gasteiger partial charge in [0.2, 0.25) is 0 Å². The lowest BCUT2D eigenvalue weighted by atomic mass is 9.86. The summed E-state index contributed by atoms with van der Waals surface area (Å²) in [6.07, 6.45) is 0. The average Bonchev–Trinajstić information content (AvgIpc) is 2.27. The Morgan fingerprint density at radius 2 is 1.88 bits per heavy atom. The summed E-state index contributed by atoms with van der Waals surface area (Å²) in [6, 6.07) is 4.07. The third-order valence-corrected chi connectivity index (χ3v) is 3.45. The first-order chi connectivity index (χ1) is 7.83. The monoisotopic (exact) mass is 236 g/mol. The molecule has 1 aromatic rings. The minimum Gasteiger partial charge on any atom is -0.496 e. The fourth-order valence-corrected chi connectivity index (χ4v) is 2.02. The predicted octanol–water partition coefficient (Wildman–Crippen LogP) is 2.31. The van der Waals surface area contributed by atoms with Gasteiger partial charge in [0.25, 0.3) is 0 Å². The molecule has 1 atom stereocenters. The van der Waals surface area contributed by atoms with Crippen LogP contribution in [0, 0.1) is 13.8 Å². The first-order valence-corrected chi connectivity index (χ1v) is 5.93. The van der Waals surface area contributed by atoms with Crippen LogP contribution in [0.3, 0.4) is 0 Å². The fraction of sp³-hybridized carbons (Fsp3) is 0.571. The van der Waals surface area contributed by atoms with Gasteiger partial charge >= 0.3 is 0 Å². The lowest BCUT2D eigenvalue weighted by Crippen LogP contribution is -2.46. The molecule has 3 heteroatoms. The van der Waals surface area contributed by atoms with Crippen molar-refractivity contribution in [1.82, 2.24) is 5.32 Å². The molecule has 17 heavy (non-hydrogen) atoms. The number of benzene rings is 1. The summed E-state index contributed by atoms with van der Waals surface area (Å²) in [6.45, 7) is 8.33. The highest BCUT2D eigenvalue weighted by Crippen LogP contribution is 2.33. The minimum atomic E-state index is -0.173. The van der Waals surface area contributed by atoms with E-state index in [0.29, 0.717) is 0 Å². The Kier molecular flexibility index (Phi) is 4.17. The van der Waals surface area contributed by atoms with Crippen LogP contribution in [0.4, 0.5) is 0 Å². The van der Waals surface area contributed by atoms with Crippen LogP contribution in [0.5, 0.6) is 5.75 Å². The number of hydrogen-bond donors (Lipinski definition) is 2. The molecule has 0 aliphatic heterocycles. The maximum atomic E-state index is 6.37. The van der Waals surface area contributed by atoms with E-state index in [9.17, 15) is 0 Å². The molecule has 3 N–H and O–H groups in total. The molecular weight excluding hydrogens is 212 g/mol. The van der Waals surface area contributed by atoms with Gasteiger partial charge in [0.05, 0.1) is 13.2 Å². The Hall–Kier alpha value is -1.06. The number of nitrogens with two attached hydrogens (primary N) is 1. The van der Waals surface area contributed by atoms with Crippen molar-refractivity contribution in [3.63, 3.8) is 0 Å². The second-order valence-corrected chi connectivity index (χ2v) is 5.15. The number of ether oxygens (including phenoxy) is 1. The Labute approximate surface area is 104 Å². The third-order valence-electron chi connectivity index (χ3n) is 3.45. The fourth-order valence-electron chi connectivity index (χ4n) is 2.02. The molecule has 0 radical (unpaired) electrons. The summed E-state index contributed by atoms with van der Waals surface area (Å²) in [5, 5.41) is 3.25. The van der Waals surface area contributed by atoms with E-state index >= 15 is 0 Å². The second-order valence-electron chi connectivity index (χ2n) is 5.15. The summed E-state index contributed by atoms with van der Waals surface area (Å²) >= 11 is 0. The molecule has 96 valence electrons. The van der Waals surface area contributed by atoms with Crippen molar-refractivity contribution in [1.29, 1.82) is 0 Å². The van der Waals surface area contributed by atoms with Crippen molar-refractivity contribution in [3.05, 3.63) is 28.8 Å². The minimum absolute atomic E-state index is 0.108. The van der Waals surface area contributed by atoms with Crippen LogP contribution in [0.1, 0.15) is 36.6 Å². The van der Waals surface area contributed by atoms with Gasteiger partial charge in [-0.2, -0.15) is 0 Å². The van der Waals surface area contributed by atoms with E-state index in [4.69, 9.17) is 10.5 Å². The molecule has 0 saturated heterocycles. The van der Waals surface area contributed by atoms with E-state index in [1.165, 1.54) is 11.1 Å². The van der Waals surface area contributed by atoms with Crippen molar-refractivity contribution >= 4 is 0 Å². The van der Waals surface area contributed by atoms with Crippen LogP contribution >= 0.6 is 0 Å². The molecule has 0 saturated carbocycles. The quantitative estimate of drug-likeness (QED) is 0.843. The Bertz CT molecular complexity index is 399. The topological polar surface area (TPSA) is 47.3 Å². The summed E-state index contributed by atoms with van der Waals surface area (Å²) in [4.78, 5) is 0. The zero-order valence-corrected chi connectivity index (χ0v) is 11.7. The lowest BCUT2D eigenvalue weighted by molar-refractivity contribution is 0.332. The Morgan fingerprint density at radius 3 is 2.35 bits per heavy atom. The number of likely N-dealkylation sites (N-methyl/N-ethyl adjacent to an activating group) is 1. The van der Waals surface area contributed by atoms with Gasteiger partial charge in [-0.3, -0.25) is 0 Å². The maximum absolute atomic E-state index is 6.37. The normalized spacial score (nSPS) is 13.6. The lowest BCUT2D eigenvalue weighted by Gasteiger charge is -2.33. The highest BCUT2D eigenvalue weighted by atomic mass is 16.5. The number of hydrogen-bond acceptors (Lipinski definition) is 3. The largest absolute Gasteiger partial charge is 0.496 e. The van der Waals surface area contributed by atoms with E-state index in [0.717, 1.165) is 11.3 Å². The van der Waals surface area contributed by atoms with E-state index in [2.05, 4.69) is 39.1 Å². The van der Waals surface area contributed by atoms with E-state index in [1.54, 1.807) is 7.11 Å². The molecule has 1 unspecified atom stereocenters. The number of methoxy groups -OCH3 is 1. The molecule has 3 nitrogen and oxygen atoms in total. The molecule has 0 aliphatic carbocycles. The smallest absolute Gasteiger partial charge is 0.124 e. The molecule has 1 aromatic carbocycles. The maximum Gasteiger partial charge on any atom is 0.124 e. The standard InChI is InChI=1S/C14H24N2O/c1-9-7-10(2)12(11(8-9)17-6)13(15)14(3,4)16-5/h7-8,13,16H,15H2,1-6H3. The first-order valence-electron chi connectivity index (χ1n) is 5.93. The van der Waals surface area contributed by atoms with Gasteiger partial charge in [-0.15, -0.1) is 0 Å². The van der Waals surface area contributed by atoms with Crippen molar-refractivity contribution in [2.75, 3.05) is 14.2 Å². The summed E-state index contributed by atoms with van der Waals surface area (Å²) in [7, 11) is 3.62. The van der Waals surface area contributed by atoms with Crippen LogP contribution in [0.25, 0.3) is 0 Å². The first kappa shape index (κ1) is 14.0. The van der Waals surface area contributed by atoms with Crippen LogP contribution < -0.4 is 15.8 Å². The van der Waals surface area contributed by atoms with Crippen LogP contribution in [0.15, 0.2) is 12.1 Å². The predicted molar refractivity (Wildman–Crippen MR) is 72.5 cm³/mol. The van der Waals surface area contributed by atoms with Crippen LogP contribution in [-0.4, -0.2) is 19.7 Å². The molecule has 0 aliphatic rings. The molecular formula is C14H24N2O. The van der Waals surface area contributed by atoms with Gasteiger partial charge in [-0.25, -0.2) is 0 Å². The highest BCUT2D eigenvalue weighted by molar-refractivity contribution is 5.46. The number of aryl methyl sites for hydroxylation is 2. The van der Waals surface area contributed by atoms with Crippen LogP contribution in [0.2, 0.25) is 0 Å². The van der Waals surface area contributed by atoms with Crippen molar-refractivity contribution in [2.24, 2.45) is 5.73 Å². The zero-order valence-electron chi connectivity index (χ0n) is 11.7. The van der Waals surface area contributed by atoms with Crippen molar-refractivity contribution < 1.29 is 4.74 Å². The van der Waals surface area contributed by atoms with E-state index in [-0.39, 0.29) is 11.6 Å². The molecule has 0 aromatic heterocycles. The SMILES string of the molecule is CNC(C)(C)C(N)c1c(C)cc(C)cc1OC. The van der Waals surface area contributed by atoms with Gasteiger partial charge in [0.1, 0.15) is 5.75 Å². The van der Waals surface area contributed by atoms with Gasteiger partial charge in [-0.1, -0.05) is 6.07 Å². The molecule has 0 fully saturated rings. The Balaban J connectivity index is 3.30. The van der Waals surface area contributed by atoms with Gasteiger partial charge < -0.3 is 15.8 Å². The third kappa shape index (κ3) is 2.79. The summed E-state index contributed by atoms with van der Waals surface area (Å²) < 4.78 is 5.46.